The molecule has 0 spiro atoms. The van der Waals surface area contributed by atoms with Crippen LogP contribution in [-0.2, 0) is 9.53 Å². The highest BCUT2D eigenvalue weighted by molar-refractivity contribution is 6.15. The predicted octanol–water partition coefficient (Wildman–Crippen LogP) is 1.80. The van der Waals surface area contributed by atoms with Crippen LogP contribution in [0.15, 0.2) is 41.3 Å². The Bertz CT molecular complexity index is 410. The molecule has 6 heteroatoms. The number of aliphatic hydroxyl groups is 1. The van der Waals surface area contributed by atoms with Crippen molar-refractivity contribution in [1.29, 1.82) is 0 Å². The number of rotatable bonds is 2. The van der Waals surface area contributed by atoms with Gasteiger partial charge in [-0.15, -0.1) is 13.2 Å². The molecule has 1 aliphatic rings. The van der Waals surface area contributed by atoms with Gasteiger partial charge in [-0.05, 0) is 13.8 Å². The number of aliphatic hydroxyl groups excluding tert-OH is 1. The molecular weight excluding hydrogens is 236 g/mol. The molecule has 18 heavy (non-hydrogen) atoms. The van der Waals surface area contributed by atoms with Crippen LogP contribution in [0.25, 0.3) is 0 Å². The standard InChI is InChI=1S/C10H14N2O4.C2H4/c1-4-11-10-9(6(2)16-3)7(13)5-8(14)12(10)15;1-2/h5,13,15H,4H2,1-3H3;1-2H2/b9-6+,11-10?;. The van der Waals surface area contributed by atoms with Crippen molar-refractivity contribution in [2.45, 2.75) is 13.8 Å². The van der Waals surface area contributed by atoms with Gasteiger partial charge in [0.05, 0.1) is 12.7 Å². The van der Waals surface area contributed by atoms with Crippen LogP contribution in [0, 0.1) is 0 Å². The summed E-state index contributed by atoms with van der Waals surface area (Å²) in [5, 5.41) is 19.5. The minimum Gasteiger partial charge on any atom is -0.507 e. The van der Waals surface area contributed by atoms with Crippen LogP contribution in [0.1, 0.15) is 13.8 Å². The van der Waals surface area contributed by atoms with E-state index in [0.717, 1.165) is 6.08 Å². The molecule has 0 saturated heterocycles. The van der Waals surface area contributed by atoms with Crippen LogP contribution in [0.3, 0.4) is 0 Å². The normalized spacial score (nSPS) is 20.0. The summed E-state index contributed by atoms with van der Waals surface area (Å²) >= 11 is 0. The van der Waals surface area contributed by atoms with E-state index >= 15 is 0 Å². The number of hydrogen-bond acceptors (Lipinski definition) is 5. The Morgan fingerprint density at radius 3 is 2.56 bits per heavy atom. The van der Waals surface area contributed by atoms with Crippen molar-refractivity contribution < 1.29 is 19.8 Å². The van der Waals surface area contributed by atoms with Crippen molar-refractivity contribution in [3.63, 3.8) is 0 Å². The summed E-state index contributed by atoms with van der Waals surface area (Å²) in [7, 11) is 1.43. The molecule has 0 atom stereocenters. The number of amides is 1. The Balaban J connectivity index is 0.00000137. The number of allylic oxidation sites excluding steroid dienone is 1. The number of aliphatic imine (C=N–C) groups is 1. The number of hydroxylamine groups is 2. The van der Waals surface area contributed by atoms with Gasteiger partial charge in [-0.25, -0.2) is 0 Å². The average molecular weight is 254 g/mol. The molecule has 0 unspecified atom stereocenters. The van der Waals surface area contributed by atoms with E-state index in [2.05, 4.69) is 18.2 Å². The van der Waals surface area contributed by atoms with Gasteiger partial charge in [0.2, 0.25) is 0 Å². The fraction of sp³-hybridized carbons (Fsp3) is 0.333. The van der Waals surface area contributed by atoms with Crippen molar-refractivity contribution in [2.75, 3.05) is 13.7 Å². The van der Waals surface area contributed by atoms with Crippen molar-refractivity contribution in [3.05, 3.63) is 36.3 Å². The zero-order chi connectivity index (χ0) is 14.3. The van der Waals surface area contributed by atoms with Crippen molar-refractivity contribution in [3.8, 4) is 0 Å². The lowest BCUT2D eigenvalue weighted by Crippen LogP contribution is -2.38. The largest absolute Gasteiger partial charge is 0.507 e. The van der Waals surface area contributed by atoms with E-state index in [4.69, 9.17) is 4.74 Å². The molecule has 1 amide bonds. The molecule has 0 bridgehead atoms. The van der Waals surface area contributed by atoms with Gasteiger partial charge in [0, 0.05) is 12.6 Å². The number of carbonyl (C=O) groups is 1. The molecule has 0 aromatic carbocycles. The first-order valence-corrected chi connectivity index (χ1v) is 5.26. The molecule has 0 radical (unpaired) electrons. The van der Waals surface area contributed by atoms with Gasteiger partial charge in [0.25, 0.3) is 5.91 Å². The van der Waals surface area contributed by atoms with Crippen LogP contribution in [0.4, 0.5) is 0 Å². The highest BCUT2D eigenvalue weighted by Gasteiger charge is 2.30. The second-order valence-corrected chi connectivity index (χ2v) is 3.11. The maximum atomic E-state index is 11.2. The van der Waals surface area contributed by atoms with Crippen molar-refractivity contribution in [2.24, 2.45) is 4.99 Å². The topological polar surface area (TPSA) is 82.4 Å². The third kappa shape index (κ3) is 3.21. The predicted molar refractivity (Wildman–Crippen MR) is 68.3 cm³/mol. The highest BCUT2D eigenvalue weighted by Crippen LogP contribution is 2.21. The van der Waals surface area contributed by atoms with Crippen LogP contribution >= 0.6 is 0 Å². The van der Waals surface area contributed by atoms with E-state index in [9.17, 15) is 15.1 Å². The lowest BCUT2D eigenvalue weighted by Gasteiger charge is -2.23. The van der Waals surface area contributed by atoms with Gasteiger partial charge in [0.15, 0.2) is 5.84 Å². The average Bonchev–Trinajstić information content (AvgIpc) is 2.37. The third-order valence-electron chi connectivity index (χ3n) is 2.12. The SMILES string of the molecule is C=C.CCN=C1/C(=C(\C)OC)C(O)=CC(=O)N1O. The van der Waals surface area contributed by atoms with Crippen LogP contribution < -0.4 is 0 Å². The second-order valence-electron chi connectivity index (χ2n) is 3.11. The van der Waals surface area contributed by atoms with Crippen molar-refractivity contribution in [1.82, 2.24) is 5.06 Å². The molecule has 6 nitrogen and oxygen atoms in total. The Morgan fingerprint density at radius 2 is 2.11 bits per heavy atom. The summed E-state index contributed by atoms with van der Waals surface area (Å²) in [5.74, 6) is -0.640. The fourth-order valence-corrected chi connectivity index (χ4v) is 1.31. The lowest BCUT2D eigenvalue weighted by molar-refractivity contribution is -0.144. The molecule has 0 saturated carbocycles. The second kappa shape index (κ2) is 7.29. The van der Waals surface area contributed by atoms with E-state index in [1.165, 1.54) is 7.11 Å². The molecule has 2 N–H and O–H groups in total. The molecule has 1 rings (SSSR count). The summed E-state index contributed by atoms with van der Waals surface area (Å²) < 4.78 is 4.97. The molecule has 1 aliphatic heterocycles. The van der Waals surface area contributed by atoms with Gasteiger partial charge in [0.1, 0.15) is 11.5 Å². The molecule has 100 valence electrons. The zero-order valence-corrected chi connectivity index (χ0v) is 10.8. The summed E-state index contributed by atoms with van der Waals surface area (Å²) in [4.78, 5) is 15.2. The lowest BCUT2D eigenvalue weighted by atomic mass is 10.1. The monoisotopic (exact) mass is 254 g/mol. The van der Waals surface area contributed by atoms with Crippen LogP contribution in [-0.4, -0.2) is 40.8 Å². The maximum absolute atomic E-state index is 11.2. The van der Waals surface area contributed by atoms with E-state index in [0.29, 0.717) is 17.4 Å². The molecule has 0 aliphatic carbocycles. The molecule has 0 fully saturated rings. The first-order chi connectivity index (χ1) is 8.52. The number of nitrogens with zero attached hydrogens (tertiary/aromatic N) is 2. The van der Waals surface area contributed by atoms with Crippen molar-refractivity contribution >= 4 is 11.7 Å². The van der Waals surface area contributed by atoms with Gasteiger partial charge in [-0.1, -0.05) is 0 Å². The van der Waals surface area contributed by atoms with Gasteiger partial charge >= 0.3 is 0 Å². The molecule has 0 aromatic rings. The zero-order valence-electron chi connectivity index (χ0n) is 10.8. The minimum atomic E-state index is -0.739. The van der Waals surface area contributed by atoms with Gasteiger partial charge in [-0.2, -0.15) is 5.06 Å². The van der Waals surface area contributed by atoms with Gasteiger partial charge in [-0.3, -0.25) is 15.0 Å². The van der Waals surface area contributed by atoms with E-state index < -0.39 is 5.91 Å². The van der Waals surface area contributed by atoms with E-state index in [-0.39, 0.29) is 17.2 Å². The summed E-state index contributed by atoms with van der Waals surface area (Å²) in [6.45, 7) is 9.72. The minimum absolute atomic E-state index is 0.00755. The fourth-order valence-electron chi connectivity index (χ4n) is 1.31. The molecule has 1 heterocycles. The number of ether oxygens (including phenoxy) is 1. The highest BCUT2D eigenvalue weighted by atomic mass is 16.5. The Kier molecular flexibility index (Phi) is 6.44. The maximum Gasteiger partial charge on any atom is 0.279 e. The quantitative estimate of drug-likeness (QED) is 0.447. The summed E-state index contributed by atoms with van der Waals surface area (Å²) in [6.07, 6.45) is 0.909. The number of amidine groups is 1. The molecule has 0 aromatic heterocycles. The number of hydrogen-bond donors (Lipinski definition) is 2. The van der Waals surface area contributed by atoms with E-state index in [1.807, 2.05) is 0 Å². The Morgan fingerprint density at radius 1 is 1.56 bits per heavy atom. The number of methoxy groups -OCH3 is 1. The van der Waals surface area contributed by atoms with Crippen LogP contribution in [0.5, 0.6) is 0 Å². The Labute approximate surface area is 106 Å². The van der Waals surface area contributed by atoms with Crippen LogP contribution in [0.2, 0.25) is 0 Å². The summed E-state index contributed by atoms with van der Waals surface area (Å²) in [6, 6.07) is 0. The summed E-state index contributed by atoms with van der Waals surface area (Å²) in [5.41, 5.74) is 0.214. The first-order valence-electron chi connectivity index (χ1n) is 5.26. The smallest absolute Gasteiger partial charge is 0.279 e. The van der Waals surface area contributed by atoms with E-state index in [1.54, 1.807) is 13.8 Å². The Hall–Kier alpha value is -2.08. The molecular formula is C12H18N2O4. The van der Waals surface area contributed by atoms with Gasteiger partial charge < -0.3 is 9.84 Å². The first kappa shape index (κ1) is 15.9. The third-order valence-corrected chi connectivity index (χ3v) is 2.12. The number of carbonyl (C=O) groups excluding carboxylic acids is 1.